The fraction of sp³-hybridized carbons (Fsp3) is 1.00. The molecule has 4 atom stereocenters. The monoisotopic (exact) mass is 131 g/mol. The zero-order valence-corrected chi connectivity index (χ0v) is 5.65. The maximum atomic E-state index is 5.91. The highest BCUT2D eigenvalue weighted by Crippen LogP contribution is 2.49. The molecule has 0 aromatic heterocycles. The molecule has 1 aliphatic carbocycles. The second kappa shape index (κ2) is 1.39. The molecular formula is C6H10ClN. The molecule has 1 aliphatic heterocycles. The van der Waals surface area contributed by atoms with Crippen molar-refractivity contribution in [2.45, 2.75) is 18.3 Å². The predicted octanol–water partition coefficient (Wildman–Crippen LogP) is 0.831. The van der Waals surface area contributed by atoms with Gasteiger partial charge >= 0.3 is 0 Å². The van der Waals surface area contributed by atoms with Crippen LogP contribution in [0, 0.1) is 11.8 Å². The van der Waals surface area contributed by atoms with Crippen LogP contribution in [-0.2, 0) is 0 Å². The van der Waals surface area contributed by atoms with Crippen molar-refractivity contribution in [3.8, 4) is 0 Å². The van der Waals surface area contributed by atoms with E-state index in [2.05, 4.69) is 12.2 Å². The van der Waals surface area contributed by atoms with Crippen molar-refractivity contribution in [2.75, 3.05) is 6.54 Å². The van der Waals surface area contributed by atoms with Gasteiger partial charge in [-0.05, 0) is 18.8 Å². The number of hydrogen-bond donors (Lipinski definition) is 1. The van der Waals surface area contributed by atoms with E-state index in [0.29, 0.717) is 11.4 Å². The normalized spacial score (nSPS) is 60.8. The van der Waals surface area contributed by atoms with Crippen molar-refractivity contribution in [2.24, 2.45) is 11.8 Å². The van der Waals surface area contributed by atoms with Gasteiger partial charge in [0.1, 0.15) is 0 Å². The molecule has 1 nitrogen and oxygen atoms in total. The van der Waals surface area contributed by atoms with Crippen LogP contribution >= 0.6 is 11.6 Å². The van der Waals surface area contributed by atoms with E-state index in [0.717, 1.165) is 18.4 Å². The molecule has 2 aliphatic rings. The van der Waals surface area contributed by atoms with Gasteiger partial charge in [0.2, 0.25) is 0 Å². The molecular weight excluding hydrogens is 122 g/mol. The summed E-state index contributed by atoms with van der Waals surface area (Å²) in [6, 6.07) is 0.683. The maximum absolute atomic E-state index is 5.91. The Kier molecular flexibility index (Phi) is 0.884. The molecule has 2 heteroatoms. The van der Waals surface area contributed by atoms with E-state index in [1.165, 1.54) is 0 Å². The number of fused-ring (bicyclic) bond motifs is 1. The number of halogens is 1. The molecule has 0 aromatic carbocycles. The minimum absolute atomic E-state index is 0.506. The van der Waals surface area contributed by atoms with Gasteiger partial charge in [-0.3, -0.25) is 0 Å². The van der Waals surface area contributed by atoms with Crippen LogP contribution in [0.4, 0.5) is 0 Å². The summed E-state index contributed by atoms with van der Waals surface area (Å²) in [7, 11) is 0. The van der Waals surface area contributed by atoms with E-state index >= 15 is 0 Å². The van der Waals surface area contributed by atoms with E-state index in [4.69, 9.17) is 11.6 Å². The second-order valence-electron chi connectivity index (χ2n) is 2.88. The van der Waals surface area contributed by atoms with Crippen molar-refractivity contribution in [3.63, 3.8) is 0 Å². The molecule has 1 saturated heterocycles. The lowest BCUT2D eigenvalue weighted by Gasteiger charge is -2.04. The number of alkyl halides is 1. The molecule has 46 valence electrons. The average molecular weight is 132 g/mol. The van der Waals surface area contributed by atoms with Gasteiger partial charge in [0, 0.05) is 18.0 Å². The highest BCUT2D eigenvalue weighted by atomic mass is 35.5. The number of hydrogen-bond acceptors (Lipinski definition) is 1. The van der Waals surface area contributed by atoms with Crippen LogP contribution in [-0.4, -0.2) is 18.0 Å². The van der Waals surface area contributed by atoms with E-state index < -0.39 is 0 Å². The Morgan fingerprint density at radius 2 is 2.38 bits per heavy atom. The van der Waals surface area contributed by atoms with Crippen LogP contribution in [0.5, 0.6) is 0 Å². The van der Waals surface area contributed by atoms with Gasteiger partial charge in [-0.2, -0.15) is 0 Å². The molecule has 2 fully saturated rings. The minimum Gasteiger partial charge on any atom is -0.314 e. The SMILES string of the molecule is C[C@H]1NC[C@@H]2C(Cl)[C@@H]21. The molecule has 0 amide bonds. The summed E-state index contributed by atoms with van der Waals surface area (Å²) in [6.07, 6.45) is 0. The topological polar surface area (TPSA) is 12.0 Å². The van der Waals surface area contributed by atoms with Gasteiger partial charge in [0.15, 0.2) is 0 Å². The molecule has 0 aromatic rings. The second-order valence-corrected chi connectivity index (χ2v) is 3.39. The first kappa shape index (κ1) is 5.07. The fourth-order valence-corrected chi connectivity index (χ4v) is 2.29. The standard InChI is InChI=1S/C6H10ClN/c1-3-5-4(2-8-3)6(5)7/h3-6,8H,2H2,1H3/t3-,4+,5-,6?/m1/s1. The number of piperidine rings is 1. The first-order valence-corrected chi connectivity index (χ1v) is 3.62. The van der Waals surface area contributed by atoms with Crippen LogP contribution in [0.25, 0.3) is 0 Å². The van der Waals surface area contributed by atoms with Gasteiger partial charge in [0.05, 0.1) is 0 Å². The molecule has 0 bridgehead atoms. The van der Waals surface area contributed by atoms with Gasteiger partial charge in [-0.1, -0.05) is 0 Å². The van der Waals surface area contributed by atoms with Crippen molar-refractivity contribution < 1.29 is 0 Å². The van der Waals surface area contributed by atoms with Crippen molar-refractivity contribution >= 4 is 11.6 Å². The van der Waals surface area contributed by atoms with Crippen LogP contribution in [0.1, 0.15) is 6.92 Å². The Hall–Kier alpha value is 0.250. The molecule has 8 heavy (non-hydrogen) atoms. The maximum Gasteiger partial charge on any atom is 0.0426 e. The summed E-state index contributed by atoms with van der Waals surface area (Å²) in [5.41, 5.74) is 0. The average Bonchev–Trinajstić information content (AvgIpc) is 2.13. The Morgan fingerprint density at radius 3 is 2.62 bits per heavy atom. The minimum atomic E-state index is 0.506. The summed E-state index contributed by atoms with van der Waals surface area (Å²) in [5, 5.41) is 3.87. The quantitative estimate of drug-likeness (QED) is 0.481. The Balaban J connectivity index is 2.07. The van der Waals surface area contributed by atoms with Crippen LogP contribution in [0.3, 0.4) is 0 Å². The molecule has 2 rings (SSSR count). The third-order valence-electron chi connectivity index (χ3n) is 2.38. The lowest BCUT2D eigenvalue weighted by molar-refractivity contribution is 0.581. The summed E-state index contributed by atoms with van der Waals surface area (Å²) in [5.74, 6) is 1.61. The molecule has 1 N–H and O–H groups in total. The summed E-state index contributed by atoms with van der Waals surface area (Å²) in [4.78, 5) is 0. The highest BCUT2D eigenvalue weighted by Gasteiger charge is 2.55. The third kappa shape index (κ3) is 0.465. The van der Waals surface area contributed by atoms with Crippen LogP contribution in [0.2, 0.25) is 0 Å². The highest BCUT2D eigenvalue weighted by molar-refractivity contribution is 6.23. The Morgan fingerprint density at radius 1 is 1.62 bits per heavy atom. The molecule has 0 radical (unpaired) electrons. The molecule has 1 heterocycles. The van der Waals surface area contributed by atoms with Crippen molar-refractivity contribution in [1.29, 1.82) is 0 Å². The van der Waals surface area contributed by atoms with Gasteiger partial charge < -0.3 is 5.32 Å². The third-order valence-corrected chi connectivity index (χ3v) is 3.00. The summed E-state index contributed by atoms with van der Waals surface area (Å²) in [6.45, 7) is 3.37. The molecule has 0 spiro atoms. The zero-order chi connectivity index (χ0) is 5.72. The van der Waals surface area contributed by atoms with E-state index in [9.17, 15) is 0 Å². The smallest absolute Gasteiger partial charge is 0.0426 e. The van der Waals surface area contributed by atoms with Crippen molar-refractivity contribution in [3.05, 3.63) is 0 Å². The fourth-order valence-electron chi connectivity index (χ4n) is 1.71. The first-order chi connectivity index (χ1) is 3.80. The predicted molar refractivity (Wildman–Crippen MR) is 34.1 cm³/mol. The van der Waals surface area contributed by atoms with Crippen LogP contribution < -0.4 is 5.32 Å². The molecule has 1 unspecified atom stereocenters. The first-order valence-electron chi connectivity index (χ1n) is 3.18. The lowest BCUT2D eigenvalue weighted by Crippen LogP contribution is -2.24. The Bertz CT molecular complexity index is 113. The molecule has 1 saturated carbocycles. The van der Waals surface area contributed by atoms with Crippen molar-refractivity contribution in [1.82, 2.24) is 5.32 Å². The lowest BCUT2D eigenvalue weighted by atomic mass is 10.2. The van der Waals surface area contributed by atoms with E-state index in [1.54, 1.807) is 0 Å². The largest absolute Gasteiger partial charge is 0.314 e. The van der Waals surface area contributed by atoms with Gasteiger partial charge in [-0.15, -0.1) is 11.6 Å². The van der Waals surface area contributed by atoms with Crippen LogP contribution in [0.15, 0.2) is 0 Å². The van der Waals surface area contributed by atoms with Gasteiger partial charge in [0.25, 0.3) is 0 Å². The van der Waals surface area contributed by atoms with Gasteiger partial charge in [-0.25, -0.2) is 0 Å². The Labute approximate surface area is 54.4 Å². The van der Waals surface area contributed by atoms with E-state index in [-0.39, 0.29) is 0 Å². The summed E-state index contributed by atoms with van der Waals surface area (Å²) < 4.78 is 0. The zero-order valence-electron chi connectivity index (χ0n) is 4.89. The van der Waals surface area contributed by atoms with E-state index in [1.807, 2.05) is 0 Å². The summed E-state index contributed by atoms with van der Waals surface area (Å²) >= 11 is 5.91. The number of nitrogens with one attached hydrogen (secondary N) is 1. The number of rotatable bonds is 0.